The molecular weight excluding hydrogens is 1100 g/mol. The van der Waals surface area contributed by atoms with E-state index in [-0.39, 0.29) is 0 Å². The van der Waals surface area contributed by atoms with Crippen molar-refractivity contribution in [2.45, 2.75) is 27.7 Å². The van der Waals surface area contributed by atoms with Gasteiger partial charge in [0.2, 0.25) is 0 Å². The quantitative estimate of drug-likeness (QED) is 0.114. The largest absolute Gasteiger partial charge is 0.310 e. The van der Waals surface area contributed by atoms with Crippen LogP contribution >= 0.6 is 0 Å². The summed E-state index contributed by atoms with van der Waals surface area (Å²) in [5.41, 5.74) is 20.8. The molecule has 0 fully saturated rings. The summed E-state index contributed by atoms with van der Waals surface area (Å²) >= 11 is 0. The molecule has 0 amide bonds. The van der Waals surface area contributed by atoms with Gasteiger partial charge in [0.25, 0.3) is 0 Å². The van der Waals surface area contributed by atoms with E-state index in [4.69, 9.17) is 0 Å². The van der Waals surface area contributed by atoms with Crippen molar-refractivity contribution in [3.8, 4) is 5.69 Å². The second-order valence-corrected chi connectivity index (χ2v) is 24.1. The van der Waals surface area contributed by atoms with Gasteiger partial charge in [0.1, 0.15) is 0 Å². The fourth-order valence-electron chi connectivity index (χ4n) is 13.9. The number of nitrogens with zero attached hydrogens (tertiary/aromatic N) is 5. The van der Waals surface area contributed by atoms with Gasteiger partial charge in [-0.1, -0.05) is 194 Å². The predicted molar refractivity (Wildman–Crippen MR) is 388 cm³/mol. The first-order valence-electron chi connectivity index (χ1n) is 31.4. The van der Waals surface area contributed by atoms with E-state index in [1.807, 2.05) is 0 Å². The van der Waals surface area contributed by atoms with Crippen LogP contribution in [0.3, 0.4) is 0 Å². The molecule has 0 unspecified atom stereocenters. The van der Waals surface area contributed by atoms with Crippen LogP contribution in [0.15, 0.2) is 322 Å². The van der Waals surface area contributed by atoms with E-state index in [1.54, 1.807) is 0 Å². The molecule has 5 heteroatoms. The van der Waals surface area contributed by atoms with Crippen LogP contribution in [-0.4, -0.2) is 4.57 Å². The van der Waals surface area contributed by atoms with E-state index >= 15 is 0 Å². The normalized spacial score (nSPS) is 11.5. The third-order valence-corrected chi connectivity index (χ3v) is 18.0. The standard InChI is InChI=1S/C86H65N5/c1-58-21-13-33-66(49-58)87(81-41-17-29-62-25-5-9-37-75(62)81)70-45-47-85-79(56-70)80-57-71(88(67-34-14-22-59(2)50-67)82-42-18-30-63-26-6-10-38-76(63)82)46-48-86(80)91(85)74-54-72(89(68-35-15-23-60(3)51-68)83-43-19-31-64-27-7-11-39-77(64)83)53-73(55-74)90(69-36-16-24-61(4)52-69)84-44-20-32-65-28-8-12-40-78(65)84/h5-57H,1-4H3. The molecule has 16 rings (SSSR count). The Hall–Kier alpha value is -11.7. The molecule has 16 aromatic rings. The van der Waals surface area contributed by atoms with Crippen molar-refractivity contribution in [1.29, 1.82) is 0 Å². The van der Waals surface area contributed by atoms with E-state index in [0.29, 0.717) is 0 Å². The highest BCUT2D eigenvalue weighted by molar-refractivity contribution is 6.14. The van der Waals surface area contributed by atoms with Crippen LogP contribution in [0.5, 0.6) is 0 Å². The van der Waals surface area contributed by atoms with Gasteiger partial charge in [-0.25, -0.2) is 0 Å². The second kappa shape index (κ2) is 22.8. The second-order valence-electron chi connectivity index (χ2n) is 24.1. The molecule has 0 spiro atoms. The van der Waals surface area contributed by atoms with E-state index < -0.39 is 0 Å². The lowest BCUT2D eigenvalue weighted by atomic mass is 10.0. The fourth-order valence-corrected chi connectivity index (χ4v) is 13.9. The van der Waals surface area contributed by atoms with Gasteiger partial charge in [0, 0.05) is 66.4 Å². The van der Waals surface area contributed by atoms with E-state index in [0.717, 1.165) is 107 Å². The molecule has 0 aliphatic rings. The zero-order chi connectivity index (χ0) is 61.1. The van der Waals surface area contributed by atoms with Gasteiger partial charge in [-0.05, 0) is 199 Å². The van der Waals surface area contributed by atoms with Crippen LogP contribution in [0.1, 0.15) is 22.3 Å². The molecular formula is C86H65N5. The SMILES string of the molecule is Cc1cccc(N(c2cc(N(c3cccc(C)c3)c3cccc4ccccc34)cc(-n3c4ccc(N(c5cccc(C)c5)c5cccc6ccccc56)cc4c4cc(N(c5cccc(C)c5)c5cccc6ccccc56)ccc43)c2)c2cccc3ccccc23)c1. The number of benzene rings is 15. The van der Waals surface area contributed by atoms with E-state index in [9.17, 15) is 0 Å². The number of hydrogen-bond acceptors (Lipinski definition) is 4. The lowest BCUT2D eigenvalue weighted by Crippen LogP contribution is -2.15. The zero-order valence-corrected chi connectivity index (χ0v) is 51.3. The average Bonchev–Trinajstić information content (AvgIpc) is 1.64. The highest BCUT2D eigenvalue weighted by atomic mass is 15.2. The molecule has 0 atom stereocenters. The molecule has 0 saturated carbocycles. The van der Waals surface area contributed by atoms with Gasteiger partial charge in [-0.3, -0.25) is 0 Å². The van der Waals surface area contributed by atoms with E-state index in [1.165, 1.54) is 54.6 Å². The summed E-state index contributed by atoms with van der Waals surface area (Å²) in [6, 6.07) is 119. The minimum atomic E-state index is 1.01. The summed E-state index contributed by atoms with van der Waals surface area (Å²) in [7, 11) is 0. The van der Waals surface area contributed by atoms with Crippen LogP contribution in [0.4, 0.5) is 68.2 Å². The Labute approximate surface area is 531 Å². The summed E-state index contributed by atoms with van der Waals surface area (Å²) in [6.45, 7) is 8.74. The maximum absolute atomic E-state index is 2.52. The third-order valence-electron chi connectivity index (χ3n) is 18.0. The van der Waals surface area contributed by atoms with Crippen LogP contribution < -0.4 is 19.6 Å². The number of hydrogen-bond donors (Lipinski definition) is 0. The van der Waals surface area contributed by atoms with Crippen molar-refractivity contribution in [2.24, 2.45) is 0 Å². The monoisotopic (exact) mass is 1170 g/mol. The fraction of sp³-hybridized carbons (Fsp3) is 0.0465. The van der Waals surface area contributed by atoms with Gasteiger partial charge in [0.05, 0.1) is 50.8 Å². The molecule has 15 aromatic carbocycles. The van der Waals surface area contributed by atoms with Crippen molar-refractivity contribution in [3.63, 3.8) is 0 Å². The Morgan fingerprint density at radius 2 is 0.462 bits per heavy atom. The molecule has 0 saturated heterocycles. The molecule has 0 aliphatic carbocycles. The number of fused-ring (bicyclic) bond motifs is 7. The van der Waals surface area contributed by atoms with Gasteiger partial charge < -0.3 is 24.2 Å². The van der Waals surface area contributed by atoms with Crippen LogP contribution in [-0.2, 0) is 0 Å². The highest BCUT2D eigenvalue weighted by Crippen LogP contribution is 2.49. The lowest BCUT2D eigenvalue weighted by Gasteiger charge is -2.32. The minimum Gasteiger partial charge on any atom is -0.310 e. The van der Waals surface area contributed by atoms with Gasteiger partial charge in [0.15, 0.2) is 0 Å². The minimum absolute atomic E-state index is 1.01. The van der Waals surface area contributed by atoms with Gasteiger partial charge in [-0.2, -0.15) is 0 Å². The molecule has 91 heavy (non-hydrogen) atoms. The Kier molecular flexibility index (Phi) is 13.7. The number of aromatic nitrogens is 1. The third kappa shape index (κ3) is 9.94. The summed E-state index contributed by atoms with van der Waals surface area (Å²) in [5.74, 6) is 0. The summed E-state index contributed by atoms with van der Waals surface area (Å²) in [4.78, 5) is 9.84. The maximum atomic E-state index is 2.52. The average molecular weight is 1170 g/mol. The predicted octanol–water partition coefficient (Wildman–Crippen LogP) is 24.5. The number of anilines is 12. The topological polar surface area (TPSA) is 17.9 Å². The molecule has 1 aromatic heterocycles. The summed E-state index contributed by atoms with van der Waals surface area (Å²) < 4.78 is 2.52. The lowest BCUT2D eigenvalue weighted by molar-refractivity contribution is 1.16. The smallest absolute Gasteiger partial charge is 0.0542 e. The van der Waals surface area contributed by atoms with Crippen molar-refractivity contribution < 1.29 is 0 Å². The van der Waals surface area contributed by atoms with Gasteiger partial charge >= 0.3 is 0 Å². The number of rotatable bonds is 13. The first-order valence-corrected chi connectivity index (χ1v) is 31.4. The first-order chi connectivity index (χ1) is 44.8. The molecule has 0 N–H and O–H groups in total. The Morgan fingerprint density at radius 1 is 0.198 bits per heavy atom. The number of aryl methyl sites for hydroxylation is 4. The van der Waals surface area contributed by atoms with Crippen LogP contribution in [0, 0.1) is 27.7 Å². The molecule has 5 nitrogen and oxygen atoms in total. The van der Waals surface area contributed by atoms with Crippen molar-refractivity contribution in [2.75, 3.05) is 19.6 Å². The molecule has 0 aliphatic heterocycles. The molecule has 0 bridgehead atoms. The van der Waals surface area contributed by atoms with Crippen molar-refractivity contribution in [1.82, 2.24) is 4.57 Å². The molecule has 434 valence electrons. The Morgan fingerprint density at radius 3 is 0.769 bits per heavy atom. The summed E-state index contributed by atoms with van der Waals surface area (Å²) in [5, 5.41) is 11.6. The zero-order valence-electron chi connectivity index (χ0n) is 51.3. The van der Waals surface area contributed by atoms with Crippen molar-refractivity contribution in [3.05, 3.63) is 344 Å². The summed E-state index contributed by atoms with van der Waals surface area (Å²) in [6.07, 6.45) is 0. The Bertz CT molecular complexity index is 5130. The van der Waals surface area contributed by atoms with Gasteiger partial charge in [-0.15, -0.1) is 0 Å². The van der Waals surface area contributed by atoms with Crippen LogP contribution in [0.25, 0.3) is 70.6 Å². The molecule has 1 heterocycles. The van der Waals surface area contributed by atoms with E-state index in [2.05, 4.69) is 373 Å². The van der Waals surface area contributed by atoms with Crippen LogP contribution in [0.2, 0.25) is 0 Å². The first kappa shape index (κ1) is 54.7. The highest BCUT2D eigenvalue weighted by Gasteiger charge is 2.26. The maximum Gasteiger partial charge on any atom is 0.0542 e. The molecule has 0 radical (unpaired) electrons. The Balaban J connectivity index is 1.03. The van der Waals surface area contributed by atoms with Crippen molar-refractivity contribution >= 4 is 133 Å².